The van der Waals surface area contributed by atoms with Gasteiger partial charge in [-0.2, -0.15) is 0 Å². The fourth-order valence-electron chi connectivity index (χ4n) is 2.33. The van der Waals surface area contributed by atoms with Gasteiger partial charge in [-0.15, -0.1) is 0 Å². The van der Waals surface area contributed by atoms with E-state index < -0.39 is 11.9 Å². The molecule has 0 radical (unpaired) electrons. The van der Waals surface area contributed by atoms with Crippen LogP contribution in [0.4, 0.5) is 14.5 Å². The van der Waals surface area contributed by atoms with Gasteiger partial charge in [0.05, 0.1) is 0 Å². The van der Waals surface area contributed by atoms with E-state index in [2.05, 4.69) is 26.6 Å². The van der Waals surface area contributed by atoms with Crippen molar-refractivity contribution < 1.29 is 13.6 Å². The number of rotatable bonds is 3. The van der Waals surface area contributed by atoms with Crippen molar-refractivity contribution in [3.63, 3.8) is 0 Å². The lowest BCUT2D eigenvalue weighted by Crippen LogP contribution is -2.27. The van der Waals surface area contributed by atoms with Crippen molar-refractivity contribution in [1.29, 1.82) is 0 Å². The van der Waals surface area contributed by atoms with E-state index >= 15 is 0 Å². The summed E-state index contributed by atoms with van der Waals surface area (Å²) < 4.78 is 27.3. The second kappa shape index (κ2) is 5.54. The van der Waals surface area contributed by atoms with Crippen molar-refractivity contribution in [2.75, 3.05) is 5.32 Å². The highest BCUT2D eigenvalue weighted by Gasteiger charge is 2.30. The lowest BCUT2D eigenvalue weighted by Gasteiger charge is -2.12. The molecule has 2 aromatic carbocycles. The fraction of sp³-hybridized carbons (Fsp3) is 0.133. The Morgan fingerprint density at radius 3 is 2.67 bits per heavy atom. The lowest BCUT2D eigenvalue weighted by atomic mass is 10.1. The minimum Gasteiger partial charge on any atom is -0.324 e. The Kier molecular flexibility index (Phi) is 3.73. The van der Waals surface area contributed by atoms with E-state index in [-0.39, 0.29) is 18.3 Å². The van der Waals surface area contributed by atoms with Gasteiger partial charge in [-0.3, -0.25) is 10.1 Å². The first kappa shape index (κ1) is 14.2. The Bertz CT molecular complexity index is 721. The number of anilines is 1. The zero-order chi connectivity index (χ0) is 15.0. The minimum atomic E-state index is -0.647. The second-order valence-corrected chi connectivity index (χ2v) is 5.62. The predicted octanol–water partition coefficient (Wildman–Crippen LogP) is 3.51. The van der Waals surface area contributed by atoms with E-state index in [0.29, 0.717) is 16.8 Å². The molecule has 1 aliphatic heterocycles. The molecule has 1 heterocycles. The van der Waals surface area contributed by atoms with Gasteiger partial charge in [0.1, 0.15) is 17.7 Å². The molecule has 0 aromatic heterocycles. The highest BCUT2D eigenvalue weighted by atomic mass is 79.9. The molecule has 0 spiro atoms. The summed E-state index contributed by atoms with van der Waals surface area (Å²) in [4.78, 5) is 11.9. The second-order valence-electron chi connectivity index (χ2n) is 4.77. The van der Waals surface area contributed by atoms with Crippen molar-refractivity contribution in [3.8, 4) is 0 Å². The monoisotopic (exact) mass is 352 g/mol. The molecule has 21 heavy (non-hydrogen) atoms. The highest BCUT2D eigenvalue weighted by Crippen LogP contribution is 2.31. The number of halogens is 3. The molecule has 0 bridgehead atoms. The van der Waals surface area contributed by atoms with Crippen molar-refractivity contribution in [2.24, 2.45) is 0 Å². The van der Waals surface area contributed by atoms with Gasteiger partial charge in [0, 0.05) is 22.3 Å². The first-order valence-electron chi connectivity index (χ1n) is 6.32. The molecule has 3 nitrogen and oxygen atoms in total. The molecule has 0 saturated heterocycles. The number of nitrogens with one attached hydrogen (secondary N) is 2. The van der Waals surface area contributed by atoms with Crippen LogP contribution < -0.4 is 10.6 Å². The quantitative estimate of drug-likeness (QED) is 0.887. The normalized spacial score (nSPS) is 16.7. The summed E-state index contributed by atoms with van der Waals surface area (Å²) in [6.45, 7) is 0.284. The van der Waals surface area contributed by atoms with Crippen LogP contribution in [0.2, 0.25) is 0 Å². The van der Waals surface area contributed by atoms with Crippen molar-refractivity contribution in [2.45, 2.75) is 12.6 Å². The Balaban J connectivity index is 1.81. The van der Waals surface area contributed by atoms with Crippen LogP contribution in [-0.4, -0.2) is 5.91 Å². The zero-order valence-electron chi connectivity index (χ0n) is 10.8. The van der Waals surface area contributed by atoms with E-state index in [1.807, 2.05) is 0 Å². The molecule has 2 aromatic rings. The summed E-state index contributed by atoms with van der Waals surface area (Å²) in [6, 6.07) is 7.84. The predicted molar refractivity (Wildman–Crippen MR) is 78.7 cm³/mol. The highest BCUT2D eigenvalue weighted by molar-refractivity contribution is 9.10. The first-order valence-corrected chi connectivity index (χ1v) is 7.11. The molecule has 6 heteroatoms. The van der Waals surface area contributed by atoms with Gasteiger partial charge in [-0.05, 0) is 42.0 Å². The maximum absolute atomic E-state index is 13.3. The van der Waals surface area contributed by atoms with E-state index in [4.69, 9.17) is 0 Å². The van der Waals surface area contributed by atoms with Crippen LogP contribution in [0.1, 0.15) is 17.2 Å². The van der Waals surface area contributed by atoms with Gasteiger partial charge >= 0.3 is 0 Å². The van der Waals surface area contributed by atoms with Crippen molar-refractivity contribution >= 4 is 27.5 Å². The number of benzene rings is 2. The smallest absolute Gasteiger partial charge is 0.246 e. The molecule has 0 saturated carbocycles. The Morgan fingerprint density at radius 1 is 1.14 bits per heavy atom. The molecule has 1 amide bonds. The molecular formula is C15H11BrF2N2O. The largest absolute Gasteiger partial charge is 0.324 e. The average molecular weight is 353 g/mol. The molecule has 108 valence electrons. The summed E-state index contributed by atoms with van der Waals surface area (Å²) in [5.74, 6) is -0.996. The average Bonchev–Trinajstić information content (AvgIpc) is 2.75. The van der Waals surface area contributed by atoms with E-state index in [1.165, 1.54) is 30.3 Å². The fourth-order valence-corrected chi connectivity index (χ4v) is 2.71. The van der Waals surface area contributed by atoms with Crippen LogP contribution in [0.3, 0.4) is 0 Å². The van der Waals surface area contributed by atoms with Crippen molar-refractivity contribution in [1.82, 2.24) is 5.32 Å². The number of amides is 1. The summed E-state index contributed by atoms with van der Waals surface area (Å²) >= 11 is 3.33. The maximum Gasteiger partial charge on any atom is 0.246 e. The molecular weight excluding hydrogens is 342 g/mol. The van der Waals surface area contributed by atoms with Crippen LogP contribution in [0, 0.1) is 11.6 Å². The summed E-state index contributed by atoms with van der Waals surface area (Å²) in [5.41, 5.74) is 1.84. The van der Waals surface area contributed by atoms with Gasteiger partial charge in [-0.25, -0.2) is 8.78 Å². The van der Waals surface area contributed by atoms with Gasteiger partial charge < -0.3 is 5.32 Å². The minimum absolute atomic E-state index is 0.247. The Labute approximate surface area is 128 Å². The van der Waals surface area contributed by atoms with E-state index in [0.717, 1.165) is 4.47 Å². The number of hydrogen-bond donors (Lipinski definition) is 2. The van der Waals surface area contributed by atoms with Crippen molar-refractivity contribution in [3.05, 3.63) is 63.6 Å². The standard InChI is InChI=1S/C15H11BrF2N2O/c16-12-3-1-9(17)5-8(12)7-19-14-11-6-10(18)2-4-13(11)20-15(14)21/h1-6,14,19H,7H2,(H,20,21). The van der Waals surface area contributed by atoms with E-state index in [9.17, 15) is 13.6 Å². The SMILES string of the molecule is O=C1Nc2ccc(F)cc2C1NCc1cc(F)ccc1Br. The zero-order valence-corrected chi connectivity index (χ0v) is 12.4. The first-order chi connectivity index (χ1) is 10.0. The topological polar surface area (TPSA) is 41.1 Å². The molecule has 0 fully saturated rings. The van der Waals surface area contributed by atoms with E-state index in [1.54, 1.807) is 6.07 Å². The Hall–Kier alpha value is -1.79. The number of carbonyl (C=O) groups excluding carboxylic acids is 1. The third kappa shape index (κ3) is 2.82. The number of fused-ring (bicyclic) bond motifs is 1. The van der Waals surface area contributed by atoms with Crippen LogP contribution in [0.25, 0.3) is 0 Å². The van der Waals surface area contributed by atoms with Crippen LogP contribution in [-0.2, 0) is 11.3 Å². The van der Waals surface area contributed by atoms with Gasteiger partial charge in [0.25, 0.3) is 0 Å². The molecule has 0 aliphatic carbocycles. The molecule has 2 N–H and O–H groups in total. The molecule has 3 rings (SSSR count). The molecule has 1 unspecified atom stereocenters. The molecule has 1 atom stereocenters. The number of hydrogen-bond acceptors (Lipinski definition) is 2. The Morgan fingerprint density at radius 2 is 1.86 bits per heavy atom. The molecule has 1 aliphatic rings. The van der Waals surface area contributed by atoms with Crippen LogP contribution in [0.15, 0.2) is 40.9 Å². The third-order valence-corrected chi connectivity index (χ3v) is 4.12. The van der Waals surface area contributed by atoms with Crippen LogP contribution in [0.5, 0.6) is 0 Å². The lowest BCUT2D eigenvalue weighted by molar-refractivity contribution is -0.117. The summed E-state index contributed by atoms with van der Waals surface area (Å²) in [5, 5.41) is 5.71. The van der Waals surface area contributed by atoms with Gasteiger partial charge in [0.15, 0.2) is 0 Å². The third-order valence-electron chi connectivity index (χ3n) is 3.35. The summed E-state index contributed by atoms with van der Waals surface area (Å²) in [7, 11) is 0. The van der Waals surface area contributed by atoms with Gasteiger partial charge in [-0.1, -0.05) is 15.9 Å². The van der Waals surface area contributed by atoms with Gasteiger partial charge in [0.2, 0.25) is 5.91 Å². The summed E-state index contributed by atoms with van der Waals surface area (Å²) in [6.07, 6.45) is 0. The maximum atomic E-state index is 13.3. The van der Waals surface area contributed by atoms with Crippen LogP contribution >= 0.6 is 15.9 Å². The number of carbonyl (C=O) groups is 1.